The predicted molar refractivity (Wildman–Crippen MR) is 105 cm³/mol. The second-order valence-electron chi connectivity index (χ2n) is 6.59. The molecule has 0 radical (unpaired) electrons. The van der Waals surface area contributed by atoms with Gasteiger partial charge >= 0.3 is 0 Å². The smallest absolute Gasteiger partial charge is 0.261 e. The van der Waals surface area contributed by atoms with Gasteiger partial charge in [0.1, 0.15) is 5.82 Å². The fourth-order valence-electron chi connectivity index (χ4n) is 3.17. The van der Waals surface area contributed by atoms with E-state index in [4.69, 9.17) is 9.47 Å². The lowest BCUT2D eigenvalue weighted by molar-refractivity contribution is 0.174. The fraction of sp³-hybridized carbons (Fsp3) is 0.143. The van der Waals surface area contributed by atoms with Crippen LogP contribution in [0.4, 0.5) is 10.1 Å². The lowest BCUT2D eigenvalue weighted by Gasteiger charge is -2.15. The first-order valence-electron chi connectivity index (χ1n) is 8.64. The van der Waals surface area contributed by atoms with E-state index in [1.807, 2.05) is 0 Å². The van der Waals surface area contributed by atoms with Crippen molar-refractivity contribution in [2.24, 2.45) is 0 Å². The molecule has 0 atom stereocenters. The largest absolute Gasteiger partial charge is 0.454 e. The minimum Gasteiger partial charge on any atom is -0.454 e. The van der Waals surface area contributed by atoms with Crippen LogP contribution in [0.3, 0.4) is 0 Å². The zero-order valence-electron chi connectivity index (χ0n) is 15.3. The number of nitrogens with one attached hydrogen (secondary N) is 1. The van der Waals surface area contributed by atoms with Crippen molar-refractivity contribution in [2.45, 2.75) is 18.7 Å². The molecule has 0 amide bonds. The Bertz CT molecular complexity index is 1140. The quantitative estimate of drug-likeness (QED) is 0.694. The summed E-state index contributed by atoms with van der Waals surface area (Å²) in [6, 6.07) is 14.7. The van der Waals surface area contributed by atoms with Gasteiger partial charge in [0, 0.05) is 11.6 Å². The number of aryl methyl sites for hydroxylation is 2. The van der Waals surface area contributed by atoms with Crippen LogP contribution in [0, 0.1) is 19.7 Å². The van der Waals surface area contributed by atoms with Crippen LogP contribution in [0.2, 0.25) is 0 Å². The summed E-state index contributed by atoms with van der Waals surface area (Å²) >= 11 is 0. The Morgan fingerprint density at radius 1 is 0.929 bits per heavy atom. The van der Waals surface area contributed by atoms with Crippen LogP contribution in [-0.4, -0.2) is 15.2 Å². The Labute approximate surface area is 162 Å². The SMILES string of the molecule is Cc1cc(-c2cc3c(cc2NS(=O)(=O)c2ccccc2)OCO3)cc(C)c1F. The van der Waals surface area contributed by atoms with E-state index in [9.17, 15) is 12.8 Å². The number of hydrogen-bond acceptors (Lipinski definition) is 4. The van der Waals surface area contributed by atoms with Crippen LogP contribution in [-0.2, 0) is 10.0 Å². The summed E-state index contributed by atoms with van der Waals surface area (Å²) in [4.78, 5) is 0.144. The second-order valence-corrected chi connectivity index (χ2v) is 8.28. The van der Waals surface area contributed by atoms with Gasteiger partial charge in [0.2, 0.25) is 6.79 Å². The summed E-state index contributed by atoms with van der Waals surface area (Å²) in [5.74, 6) is 0.679. The van der Waals surface area contributed by atoms with E-state index in [-0.39, 0.29) is 17.5 Å². The Morgan fingerprint density at radius 2 is 1.54 bits per heavy atom. The van der Waals surface area contributed by atoms with E-state index >= 15 is 0 Å². The third-order valence-electron chi connectivity index (χ3n) is 4.56. The summed E-state index contributed by atoms with van der Waals surface area (Å²) < 4.78 is 53.2. The van der Waals surface area contributed by atoms with Gasteiger partial charge in [-0.05, 0) is 60.9 Å². The van der Waals surface area contributed by atoms with Crippen molar-refractivity contribution in [2.75, 3.05) is 11.5 Å². The van der Waals surface area contributed by atoms with Gasteiger partial charge in [-0.15, -0.1) is 0 Å². The number of sulfonamides is 1. The molecule has 1 aliphatic heterocycles. The Balaban J connectivity index is 1.86. The first kappa shape index (κ1) is 18.3. The van der Waals surface area contributed by atoms with Crippen molar-refractivity contribution in [1.29, 1.82) is 0 Å². The molecule has 4 rings (SSSR count). The predicted octanol–water partition coefficient (Wildman–Crippen LogP) is 4.64. The normalized spacial score (nSPS) is 12.8. The monoisotopic (exact) mass is 399 g/mol. The summed E-state index contributed by atoms with van der Waals surface area (Å²) in [5.41, 5.74) is 2.54. The number of fused-ring (bicyclic) bond motifs is 1. The Morgan fingerprint density at radius 3 is 2.18 bits per heavy atom. The van der Waals surface area contributed by atoms with Crippen molar-refractivity contribution in [3.63, 3.8) is 0 Å². The molecule has 1 heterocycles. The second kappa shape index (κ2) is 6.83. The molecular formula is C21H18FNO4S. The first-order valence-corrected chi connectivity index (χ1v) is 10.1. The van der Waals surface area contributed by atoms with Crippen LogP contribution >= 0.6 is 0 Å². The number of halogens is 1. The average molecular weight is 399 g/mol. The highest BCUT2D eigenvalue weighted by atomic mass is 32.2. The standard InChI is InChI=1S/C21H18FNO4S/c1-13-8-15(9-14(2)21(13)22)17-10-19-20(27-12-26-19)11-18(17)23-28(24,25)16-6-4-3-5-7-16/h3-11,23H,12H2,1-2H3. The molecule has 0 bridgehead atoms. The van der Waals surface area contributed by atoms with Gasteiger partial charge in [-0.3, -0.25) is 4.72 Å². The maximum atomic E-state index is 14.1. The molecule has 0 saturated carbocycles. The molecule has 144 valence electrons. The van der Waals surface area contributed by atoms with E-state index in [0.717, 1.165) is 0 Å². The number of benzene rings is 3. The van der Waals surface area contributed by atoms with Crippen LogP contribution in [0.1, 0.15) is 11.1 Å². The van der Waals surface area contributed by atoms with Crippen LogP contribution < -0.4 is 14.2 Å². The third kappa shape index (κ3) is 3.29. The number of anilines is 1. The molecule has 5 nitrogen and oxygen atoms in total. The van der Waals surface area contributed by atoms with E-state index < -0.39 is 10.0 Å². The molecule has 0 fully saturated rings. The molecule has 0 aromatic heterocycles. The van der Waals surface area contributed by atoms with Crippen molar-refractivity contribution < 1.29 is 22.3 Å². The van der Waals surface area contributed by atoms with E-state index in [1.54, 1.807) is 56.3 Å². The van der Waals surface area contributed by atoms with E-state index in [2.05, 4.69) is 4.72 Å². The van der Waals surface area contributed by atoms with Gasteiger partial charge < -0.3 is 9.47 Å². The molecule has 3 aromatic carbocycles. The number of ether oxygens (including phenoxy) is 2. The molecule has 1 aliphatic rings. The highest BCUT2D eigenvalue weighted by Gasteiger charge is 2.22. The van der Waals surface area contributed by atoms with E-state index in [0.29, 0.717) is 39.4 Å². The van der Waals surface area contributed by atoms with Crippen LogP contribution in [0.5, 0.6) is 11.5 Å². The van der Waals surface area contributed by atoms with Gasteiger partial charge in [-0.1, -0.05) is 18.2 Å². The molecule has 1 N–H and O–H groups in total. The molecule has 7 heteroatoms. The van der Waals surface area contributed by atoms with Gasteiger partial charge in [-0.2, -0.15) is 0 Å². The minimum absolute atomic E-state index is 0.0607. The molecule has 0 unspecified atom stereocenters. The molecule has 28 heavy (non-hydrogen) atoms. The van der Waals surface area contributed by atoms with Crippen molar-refractivity contribution in [3.8, 4) is 22.6 Å². The highest BCUT2D eigenvalue weighted by molar-refractivity contribution is 7.92. The third-order valence-corrected chi connectivity index (χ3v) is 5.94. The zero-order chi connectivity index (χ0) is 19.9. The van der Waals surface area contributed by atoms with Crippen molar-refractivity contribution in [1.82, 2.24) is 0 Å². The summed E-state index contributed by atoms with van der Waals surface area (Å²) in [7, 11) is -3.81. The summed E-state index contributed by atoms with van der Waals surface area (Å²) in [6.07, 6.45) is 0. The minimum atomic E-state index is -3.81. The Kier molecular flexibility index (Phi) is 4.47. The molecule has 3 aromatic rings. The fourth-order valence-corrected chi connectivity index (χ4v) is 4.26. The first-order chi connectivity index (χ1) is 13.3. The zero-order valence-corrected chi connectivity index (χ0v) is 16.1. The maximum absolute atomic E-state index is 14.1. The van der Waals surface area contributed by atoms with Crippen molar-refractivity contribution in [3.05, 3.63) is 71.5 Å². The van der Waals surface area contributed by atoms with Gasteiger partial charge in [0.25, 0.3) is 10.0 Å². The lowest BCUT2D eigenvalue weighted by atomic mass is 9.98. The summed E-state index contributed by atoms with van der Waals surface area (Å²) in [5, 5.41) is 0. The number of rotatable bonds is 4. The summed E-state index contributed by atoms with van der Waals surface area (Å²) in [6.45, 7) is 3.41. The number of hydrogen-bond donors (Lipinski definition) is 1. The van der Waals surface area contributed by atoms with Gasteiger partial charge in [-0.25, -0.2) is 12.8 Å². The highest BCUT2D eigenvalue weighted by Crippen LogP contribution is 2.42. The van der Waals surface area contributed by atoms with Gasteiger partial charge in [0.15, 0.2) is 11.5 Å². The van der Waals surface area contributed by atoms with Gasteiger partial charge in [0.05, 0.1) is 10.6 Å². The topological polar surface area (TPSA) is 64.6 Å². The van der Waals surface area contributed by atoms with Crippen molar-refractivity contribution >= 4 is 15.7 Å². The lowest BCUT2D eigenvalue weighted by Crippen LogP contribution is -2.13. The molecular weight excluding hydrogens is 381 g/mol. The van der Waals surface area contributed by atoms with Crippen LogP contribution in [0.15, 0.2) is 59.5 Å². The van der Waals surface area contributed by atoms with Crippen LogP contribution in [0.25, 0.3) is 11.1 Å². The molecule has 0 aliphatic carbocycles. The maximum Gasteiger partial charge on any atom is 0.261 e. The molecule has 0 saturated heterocycles. The van der Waals surface area contributed by atoms with E-state index in [1.165, 1.54) is 12.1 Å². The molecule has 0 spiro atoms. The average Bonchev–Trinajstić information content (AvgIpc) is 3.13. The Hall–Kier alpha value is -3.06.